The van der Waals surface area contributed by atoms with Crippen molar-refractivity contribution in [3.63, 3.8) is 0 Å². The highest BCUT2D eigenvalue weighted by molar-refractivity contribution is 8.00. The molecule has 0 aliphatic rings. The van der Waals surface area contributed by atoms with E-state index in [4.69, 9.17) is 0 Å². The normalized spacial score (nSPS) is 12.3. The lowest BCUT2D eigenvalue weighted by atomic mass is 10.3. The quantitative estimate of drug-likeness (QED) is 0.592. The number of hydrogen-bond donors (Lipinski definition) is 0. The summed E-state index contributed by atoms with van der Waals surface area (Å²) in [5, 5.41) is -0.445. The molecule has 1 aromatic carbocycles. The first kappa shape index (κ1) is 12.0. The van der Waals surface area contributed by atoms with Gasteiger partial charge in [-0.05, 0) is 25.1 Å². The Morgan fingerprint density at radius 3 is 2.60 bits per heavy atom. The Morgan fingerprint density at radius 1 is 1.40 bits per heavy atom. The number of rotatable bonds is 3. The van der Waals surface area contributed by atoms with Crippen LogP contribution in [-0.4, -0.2) is 18.3 Å². The highest BCUT2D eigenvalue weighted by Crippen LogP contribution is 2.25. The molecule has 1 atom stereocenters. The van der Waals surface area contributed by atoms with Gasteiger partial charge >= 0.3 is 5.97 Å². The van der Waals surface area contributed by atoms with E-state index < -0.39 is 22.9 Å². The van der Waals surface area contributed by atoms with Gasteiger partial charge in [0.2, 0.25) is 0 Å². The Balaban J connectivity index is 2.73. The second-order valence-corrected chi connectivity index (χ2v) is 4.27. The fourth-order valence-corrected chi connectivity index (χ4v) is 1.89. The van der Waals surface area contributed by atoms with Crippen LogP contribution >= 0.6 is 11.8 Å². The average Bonchev–Trinajstić information content (AvgIpc) is 2.22. The Kier molecular flexibility index (Phi) is 4.08. The van der Waals surface area contributed by atoms with Gasteiger partial charge in [-0.2, -0.15) is 0 Å². The fraction of sp³-hybridized carbons (Fsp3) is 0.300. The molecule has 15 heavy (non-hydrogen) atoms. The number of benzene rings is 1. The van der Waals surface area contributed by atoms with E-state index in [1.54, 1.807) is 6.92 Å². The minimum absolute atomic E-state index is 0.398. The lowest BCUT2D eigenvalue weighted by Gasteiger charge is -2.08. The molecular weight excluding hydrogens is 222 g/mol. The van der Waals surface area contributed by atoms with Gasteiger partial charge in [0.1, 0.15) is 5.25 Å². The largest absolute Gasteiger partial charge is 0.468 e. The summed E-state index contributed by atoms with van der Waals surface area (Å²) in [5.41, 5.74) is 0. The predicted octanol–water partition coefficient (Wildman–Crippen LogP) is 2.62. The Bertz CT molecular complexity index is 368. The van der Waals surface area contributed by atoms with Crippen molar-refractivity contribution in [2.24, 2.45) is 0 Å². The fourth-order valence-electron chi connectivity index (χ4n) is 0.968. The lowest BCUT2D eigenvalue weighted by molar-refractivity contribution is -0.139. The van der Waals surface area contributed by atoms with Gasteiger partial charge < -0.3 is 4.74 Å². The van der Waals surface area contributed by atoms with Gasteiger partial charge in [-0.3, -0.25) is 4.79 Å². The molecule has 0 saturated carbocycles. The molecule has 0 aromatic heterocycles. The van der Waals surface area contributed by atoms with E-state index in [1.807, 2.05) is 0 Å². The SMILES string of the molecule is COC(=O)C(C)Sc1ccc(F)c(F)c1. The third kappa shape index (κ3) is 3.20. The van der Waals surface area contributed by atoms with Crippen LogP contribution in [-0.2, 0) is 9.53 Å². The molecule has 0 saturated heterocycles. The summed E-state index contributed by atoms with van der Waals surface area (Å²) < 4.78 is 29.9. The van der Waals surface area contributed by atoms with Crippen LogP contribution in [0.2, 0.25) is 0 Å². The zero-order valence-corrected chi connectivity index (χ0v) is 9.11. The smallest absolute Gasteiger partial charge is 0.318 e. The maximum Gasteiger partial charge on any atom is 0.318 e. The van der Waals surface area contributed by atoms with Gasteiger partial charge in [0.25, 0.3) is 0 Å². The summed E-state index contributed by atoms with van der Waals surface area (Å²) in [5.74, 6) is -2.22. The van der Waals surface area contributed by atoms with E-state index in [9.17, 15) is 13.6 Å². The van der Waals surface area contributed by atoms with E-state index >= 15 is 0 Å². The maximum atomic E-state index is 12.8. The highest BCUT2D eigenvalue weighted by atomic mass is 32.2. The highest BCUT2D eigenvalue weighted by Gasteiger charge is 2.15. The van der Waals surface area contributed by atoms with Crippen molar-refractivity contribution in [3.8, 4) is 0 Å². The second-order valence-electron chi connectivity index (χ2n) is 2.86. The van der Waals surface area contributed by atoms with Crippen LogP contribution in [0.15, 0.2) is 23.1 Å². The molecule has 0 radical (unpaired) electrons. The third-order valence-electron chi connectivity index (χ3n) is 1.74. The molecule has 0 amide bonds. The molecule has 0 aliphatic heterocycles. The first-order valence-corrected chi connectivity index (χ1v) is 5.12. The van der Waals surface area contributed by atoms with Crippen LogP contribution in [0.3, 0.4) is 0 Å². The Labute approximate surface area is 90.6 Å². The number of methoxy groups -OCH3 is 1. The lowest BCUT2D eigenvalue weighted by Crippen LogP contribution is -2.14. The summed E-state index contributed by atoms with van der Waals surface area (Å²) in [6.07, 6.45) is 0. The molecule has 0 heterocycles. The first-order chi connectivity index (χ1) is 7.04. The molecule has 82 valence electrons. The first-order valence-electron chi connectivity index (χ1n) is 4.24. The number of thioether (sulfide) groups is 1. The average molecular weight is 232 g/mol. The number of esters is 1. The second kappa shape index (κ2) is 5.11. The molecular formula is C10H10F2O2S. The van der Waals surface area contributed by atoms with E-state index in [1.165, 1.54) is 13.2 Å². The van der Waals surface area contributed by atoms with Gasteiger partial charge in [0, 0.05) is 4.90 Å². The molecule has 5 heteroatoms. The summed E-state index contributed by atoms with van der Waals surface area (Å²) >= 11 is 1.12. The Morgan fingerprint density at radius 2 is 2.07 bits per heavy atom. The number of carbonyl (C=O) groups excluding carboxylic acids is 1. The van der Waals surface area contributed by atoms with Crippen molar-refractivity contribution in [2.45, 2.75) is 17.1 Å². The number of halogens is 2. The predicted molar refractivity (Wildman–Crippen MR) is 53.7 cm³/mol. The van der Waals surface area contributed by atoms with Gasteiger partial charge in [-0.25, -0.2) is 8.78 Å². The van der Waals surface area contributed by atoms with Crippen LogP contribution in [0.1, 0.15) is 6.92 Å². The van der Waals surface area contributed by atoms with E-state index in [0.29, 0.717) is 4.90 Å². The van der Waals surface area contributed by atoms with Crippen LogP contribution in [0.5, 0.6) is 0 Å². The molecule has 0 fully saturated rings. The molecule has 1 aromatic rings. The monoisotopic (exact) mass is 232 g/mol. The minimum Gasteiger partial charge on any atom is -0.468 e. The van der Waals surface area contributed by atoms with E-state index in [2.05, 4.69) is 4.74 Å². The summed E-state index contributed by atoms with van der Waals surface area (Å²) in [7, 11) is 1.28. The van der Waals surface area contributed by atoms with Crippen molar-refractivity contribution in [1.29, 1.82) is 0 Å². The van der Waals surface area contributed by atoms with Gasteiger partial charge in [0.05, 0.1) is 7.11 Å². The summed E-state index contributed by atoms with van der Waals surface area (Å²) in [6.45, 7) is 1.64. The van der Waals surface area contributed by atoms with Crippen LogP contribution < -0.4 is 0 Å². The van der Waals surface area contributed by atoms with Crippen molar-refractivity contribution < 1.29 is 18.3 Å². The molecule has 0 spiro atoms. The molecule has 0 aliphatic carbocycles. The zero-order chi connectivity index (χ0) is 11.4. The van der Waals surface area contributed by atoms with Gasteiger partial charge in [0.15, 0.2) is 11.6 Å². The Hall–Kier alpha value is -1.10. The molecule has 2 nitrogen and oxygen atoms in total. The summed E-state index contributed by atoms with van der Waals surface area (Å²) in [6, 6.07) is 3.50. The number of ether oxygens (including phenoxy) is 1. The van der Waals surface area contributed by atoms with Crippen molar-refractivity contribution >= 4 is 17.7 Å². The van der Waals surface area contributed by atoms with Crippen molar-refractivity contribution in [1.82, 2.24) is 0 Å². The number of carbonyl (C=O) groups is 1. The van der Waals surface area contributed by atoms with Gasteiger partial charge in [-0.1, -0.05) is 0 Å². The zero-order valence-electron chi connectivity index (χ0n) is 8.29. The van der Waals surface area contributed by atoms with Crippen LogP contribution in [0.4, 0.5) is 8.78 Å². The third-order valence-corrected chi connectivity index (χ3v) is 2.81. The maximum absolute atomic E-state index is 12.8. The summed E-state index contributed by atoms with van der Waals surface area (Å²) in [4.78, 5) is 11.5. The molecule has 0 bridgehead atoms. The van der Waals surface area contributed by atoms with Crippen molar-refractivity contribution in [2.75, 3.05) is 7.11 Å². The minimum atomic E-state index is -0.919. The molecule has 1 unspecified atom stereocenters. The number of hydrogen-bond acceptors (Lipinski definition) is 3. The van der Waals surface area contributed by atoms with Gasteiger partial charge in [-0.15, -0.1) is 11.8 Å². The standard InChI is InChI=1S/C10H10F2O2S/c1-6(10(13)14-2)15-7-3-4-8(11)9(12)5-7/h3-6H,1-2H3. The van der Waals surface area contributed by atoms with E-state index in [0.717, 1.165) is 23.9 Å². The van der Waals surface area contributed by atoms with E-state index in [-0.39, 0.29) is 0 Å². The van der Waals surface area contributed by atoms with Crippen molar-refractivity contribution in [3.05, 3.63) is 29.8 Å². The molecule has 1 rings (SSSR count). The topological polar surface area (TPSA) is 26.3 Å². The molecule has 0 N–H and O–H groups in total. The van der Waals surface area contributed by atoms with Crippen LogP contribution in [0.25, 0.3) is 0 Å². The van der Waals surface area contributed by atoms with Crippen LogP contribution in [0, 0.1) is 11.6 Å².